The van der Waals surface area contributed by atoms with Crippen molar-refractivity contribution in [2.24, 2.45) is 0 Å². The first-order valence-corrected chi connectivity index (χ1v) is 6.40. The van der Waals surface area contributed by atoms with Gasteiger partial charge in [-0.3, -0.25) is 10.1 Å². The van der Waals surface area contributed by atoms with Crippen LogP contribution in [0.3, 0.4) is 0 Å². The predicted molar refractivity (Wildman–Crippen MR) is 65.5 cm³/mol. The van der Waals surface area contributed by atoms with Gasteiger partial charge in [-0.15, -0.1) is 11.8 Å². The monoisotopic (exact) mass is 288 g/mol. The van der Waals surface area contributed by atoms with Gasteiger partial charge in [0.15, 0.2) is 0 Å². The summed E-state index contributed by atoms with van der Waals surface area (Å²) in [5.74, 6) is 1.86. The number of rotatable bonds is 2. The van der Waals surface area contributed by atoms with Crippen molar-refractivity contribution in [2.75, 3.05) is 23.1 Å². The minimum atomic E-state index is -0.329. The molecule has 0 radical (unpaired) electrons. The van der Waals surface area contributed by atoms with E-state index in [-0.39, 0.29) is 10.6 Å². The summed E-state index contributed by atoms with van der Waals surface area (Å²) in [5.41, 5.74) is 0.889. The van der Waals surface area contributed by atoms with Crippen molar-refractivity contribution in [3.05, 3.63) is 32.8 Å². The first kappa shape index (κ1) is 10.8. The Kier molecular flexibility index (Phi) is 3.16. The van der Waals surface area contributed by atoms with E-state index >= 15 is 0 Å². The molecule has 1 saturated heterocycles. The van der Waals surface area contributed by atoms with Crippen molar-refractivity contribution < 1.29 is 4.92 Å². The molecule has 4 nitrogen and oxygen atoms in total. The Balaban J connectivity index is 2.41. The molecule has 1 heterocycles. The van der Waals surface area contributed by atoms with Crippen LogP contribution in [0, 0.1) is 10.1 Å². The summed E-state index contributed by atoms with van der Waals surface area (Å²) >= 11 is 5.13. The highest BCUT2D eigenvalue weighted by atomic mass is 79.9. The van der Waals surface area contributed by atoms with E-state index in [1.165, 1.54) is 0 Å². The summed E-state index contributed by atoms with van der Waals surface area (Å²) in [4.78, 5) is 12.6. The zero-order valence-electron chi connectivity index (χ0n) is 7.85. The third-order valence-corrected chi connectivity index (χ3v) is 3.69. The topological polar surface area (TPSA) is 46.4 Å². The number of thioether (sulfide) groups is 1. The van der Waals surface area contributed by atoms with Gasteiger partial charge in [-0.2, -0.15) is 0 Å². The van der Waals surface area contributed by atoms with Crippen LogP contribution in [0.15, 0.2) is 22.7 Å². The van der Waals surface area contributed by atoms with Gasteiger partial charge in [0.05, 0.1) is 10.8 Å². The molecule has 1 aliphatic rings. The molecule has 1 aromatic carbocycles. The van der Waals surface area contributed by atoms with Gasteiger partial charge in [0.1, 0.15) is 5.69 Å². The molecule has 0 aliphatic carbocycles. The van der Waals surface area contributed by atoms with Crippen LogP contribution in [0.4, 0.5) is 11.4 Å². The standard InChI is InChI=1S/C9H9BrN2O2S/c10-7-1-2-8(12(13)14)9(5-7)11-3-4-15-6-11/h1-2,5H,3-4,6H2. The van der Waals surface area contributed by atoms with Crippen molar-refractivity contribution >= 4 is 39.1 Å². The molecular weight excluding hydrogens is 280 g/mol. The number of nitro benzene ring substituents is 1. The van der Waals surface area contributed by atoms with Gasteiger partial charge < -0.3 is 4.90 Å². The van der Waals surface area contributed by atoms with Gasteiger partial charge in [-0.1, -0.05) is 15.9 Å². The summed E-state index contributed by atoms with van der Waals surface area (Å²) in [6, 6.07) is 5.05. The Morgan fingerprint density at radius 2 is 2.33 bits per heavy atom. The van der Waals surface area contributed by atoms with Gasteiger partial charge in [-0.05, 0) is 12.1 Å². The van der Waals surface area contributed by atoms with Crippen LogP contribution in [-0.4, -0.2) is 23.1 Å². The van der Waals surface area contributed by atoms with Gasteiger partial charge in [0.2, 0.25) is 0 Å². The largest absolute Gasteiger partial charge is 0.356 e. The third kappa shape index (κ3) is 2.26. The molecule has 0 N–H and O–H groups in total. The maximum absolute atomic E-state index is 10.8. The smallest absolute Gasteiger partial charge is 0.292 e. The zero-order chi connectivity index (χ0) is 10.8. The van der Waals surface area contributed by atoms with Crippen LogP contribution in [0.25, 0.3) is 0 Å². The maximum Gasteiger partial charge on any atom is 0.292 e. The van der Waals surface area contributed by atoms with E-state index in [1.54, 1.807) is 23.9 Å². The number of nitrogens with zero attached hydrogens (tertiary/aromatic N) is 2. The Bertz CT molecular complexity index is 394. The Hall–Kier alpha value is -0.750. The van der Waals surface area contributed by atoms with E-state index in [2.05, 4.69) is 15.9 Å². The lowest BCUT2D eigenvalue weighted by Crippen LogP contribution is -2.19. The first-order chi connectivity index (χ1) is 7.18. The van der Waals surface area contributed by atoms with Crippen LogP contribution in [-0.2, 0) is 0 Å². The average Bonchev–Trinajstić information content (AvgIpc) is 2.69. The van der Waals surface area contributed by atoms with Gasteiger partial charge in [-0.25, -0.2) is 0 Å². The minimum absolute atomic E-state index is 0.181. The summed E-state index contributed by atoms with van der Waals surface area (Å²) in [6.45, 7) is 0.877. The lowest BCUT2D eigenvalue weighted by atomic mass is 10.2. The molecule has 0 unspecified atom stereocenters. The molecule has 80 valence electrons. The molecule has 0 atom stereocenters. The molecule has 1 fully saturated rings. The fourth-order valence-corrected chi connectivity index (χ4v) is 2.82. The van der Waals surface area contributed by atoms with Crippen molar-refractivity contribution in [3.63, 3.8) is 0 Å². The van der Waals surface area contributed by atoms with Crippen LogP contribution >= 0.6 is 27.7 Å². The molecule has 0 spiro atoms. The minimum Gasteiger partial charge on any atom is -0.356 e. The second-order valence-corrected chi connectivity index (χ2v) is 5.18. The SMILES string of the molecule is O=[N+]([O-])c1ccc(Br)cc1N1CCSC1. The van der Waals surface area contributed by atoms with E-state index < -0.39 is 0 Å². The van der Waals surface area contributed by atoms with Crippen molar-refractivity contribution in [1.29, 1.82) is 0 Å². The molecule has 1 aliphatic heterocycles. The fourth-order valence-electron chi connectivity index (χ4n) is 1.51. The number of nitro groups is 1. The number of benzene rings is 1. The normalized spacial score (nSPS) is 15.7. The fraction of sp³-hybridized carbons (Fsp3) is 0.333. The summed E-state index contributed by atoms with van der Waals surface area (Å²) in [7, 11) is 0. The lowest BCUT2D eigenvalue weighted by Gasteiger charge is -2.16. The Labute approximate surface area is 99.9 Å². The van der Waals surface area contributed by atoms with Crippen LogP contribution < -0.4 is 4.90 Å². The van der Waals surface area contributed by atoms with E-state index in [9.17, 15) is 10.1 Å². The number of anilines is 1. The van der Waals surface area contributed by atoms with E-state index in [0.717, 1.165) is 22.6 Å². The third-order valence-electron chi connectivity index (χ3n) is 2.23. The number of hydrogen-bond donors (Lipinski definition) is 0. The molecule has 15 heavy (non-hydrogen) atoms. The van der Waals surface area contributed by atoms with E-state index in [0.29, 0.717) is 5.69 Å². The molecular formula is C9H9BrN2O2S. The first-order valence-electron chi connectivity index (χ1n) is 4.45. The molecule has 0 aromatic heterocycles. The second kappa shape index (κ2) is 4.40. The molecule has 0 amide bonds. The highest BCUT2D eigenvalue weighted by Crippen LogP contribution is 2.34. The summed E-state index contributed by atoms with van der Waals surface area (Å²) in [6.07, 6.45) is 0. The highest BCUT2D eigenvalue weighted by Gasteiger charge is 2.22. The predicted octanol–water partition coefficient (Wildman–Crippen LogP) is 2.87. The lowest BCUT2D eigenvalue weighted by molar-refractivity contribution is -0.384. The number of halogens is 1. The average molecular weight is 289 g/mol. The van der Waals surface area contributed by atoms with Gasteiger partial charge in [0.25, 0.3) is 5.69 Å². The van der Waals surface area contributed by atoms with Crippen LogP contribution in [0.5, 0.6) is 0 Å². The van der Waals surface area contributed by atoms with Crippen LogP contribution in [0.1, 0.15) is 0 Å². The maximum atomic E-state index is 10.8. The van der Waals surface area contributed by atoms with Crippen LogP contribution in [0.2, 0.25) is 0 Å². The Morgan fingerprint density at radius 1 is 1.53 bits per heavy atom. The van der Waals surface area contributed by atoms with E-state index in [1.807, 2.05) is 11.0 Å². The summed E-state index contributed by atoms with van der Waals surface area (Å²) in [5, 5.41) is 10.8. The zero-order valence-corrected chi connectivity index (χ0v) is 10.3. The summed E-state index contributed by atoms with van der Waals surface area (Å²) < 4.78 is 0.875. The molecule has 6 heteroatoms. The molecule has 2 rings (SSSR count). The highest BCUT2D eigenvalue weighted by molar-refractivity contribution is 9.10. The number of hydrogen-bond acceptors (Lipinski definition) is 4. The van der Waals surface area contributed by atoms with Crippen molar-refractivity contribution in [3.8, 4) is 0 Å². The van der Waals surface area contributed by atoms with Gasteiger partial charge in [0, 0.05) is 22.8 Å². The van der Waals surface area contributed by atoms with Gasteiger partial charge >= 0.3 is 0 Å². The quantitative estimate of drug-likeness (QED) is 0.620. The molecule has 0 bridgehead atoms. The van der Waals surface area contributed by atoms with Crippen molar-refractivity contribution in [1.82, 2.24) is 0 Å². The van der Waals surface area contributed by atoms with E-state index in [4.69, 9.17) is 0 Å². The second-order valence-electron chi connectivity index (χ2n) is 3.19. The van der Waals surface area contributed by atoms with Crippen molar-refractivity contribution in [2.45, 2.75) is 0 Å². The molecule has 0 saturated carbocycles. The molecule has 1 aromatic rings. The Morgan fingerprint density at radius 3 is 2.93 bits per heavy atom.